The van der Waals surface area contributed by atoms with E-state index in [-0.39, 0.29) is 11.0 Å². The SMILES string of the molecule is CC(C)(C)N1CCC2(CCN(Cc3ccc(Br)cc3)C2=O)CC1. The number of likely N-dealkylation sites (tertiary alicyclic amines) is 2. The van der Waals surface area contributed by atoms with E-state index in [1.807, 2.05) is 12.1 Å². The molecule has 2 aliphatic rings. The summed E-state index contributed by atoms with van der Waals surface area (Å²) in [7, 11) is 0. The van der Waals surface area contributed by atoms with Gasteiger partial charge in [-0.1, -0.05) is 28.1 Å². The molecule has 1 amide bonds. The first kappa shape index (κ1) is 17.0. The van der Waals surface area contributed by atoms with Gasteiger partial charge >= 0.3 is 0 Å². The van der Waals surface area contributed by atoms with Crippen molar-refractivity contribution in [3.8, 4) is 0 Å². The molecule has 2 fully saturated rings. The fourth-order valence-corrected chi connectivity index (χ4v) is 4.19. The van der Waals surface area contributed by atoms with Crippen LogP contribution in [0.4, 0.5) is 0 Å². The molecule has 1 aromatic carbocycles. The normalized spacial score (nSPS) is 22.1. The summed E-state index contributed by atoms with van der Waals surface area (Å²) in [6, 6.07) is 8.30. The van der Waals surface area contributed by atoms with Crippen molar-refractivity contribution in [2.75, 3.05) is 19.6 Å². The molecule has 0 bridgehead atoms. The minimum Gasteiger partial charge on any atom is -0.338 e. The lowest BCUT2D eigenvalue weighted by atomic mass is 9.76. The molecule has 0 aromatic heterocycles. The van der Waals surface area contributed by atoms with Gasteiger partial charge in [0.05, 0.1) is 5.41 Å². The zero-order valence-electron chi connectivity index (χ0n) is 14.4. The van der Waals surface area contributed by atoms with E-state index in [4.69, 9.17) is 0 Å². The standard InChI is InChI=1S/C19H27BrN2O/c1-18(2,3)22-12-9-19(10-13-22)8-11-21(17(19)23)14-15-4-6-16(20)7-5-15/h4-7H,8-14H2,1-3H3. The van der Waals surface area contributed by atoms with Crippen LogP contribution >= 0.6 is 15.9 Å². The van der Waals surface area contributed by atoms with Crippen LogP contribution in [-0.4, -0.2) is 40.9 Å². The van der Waals surface area contributed by atoms with Crippen molar-refractivity contribution in [2.24, 2.45) is 5.41 Å². The number of carbonyl (C=O) groups is 1. The van der Waals surface area contributed by atoms with Crippen molar-refractivity contribution in [3.05, 3.63) is 34.3 Å². The average molecular weight is 379 g/mol. The molecule has 2 saturated heterocycles. The highest BCUT2D eigenvalue weighted by molar-refractivity contribution is 9.10. The van der Waals surface area contributed by atoms with E-state index in [2.05, 4.69) is 58.6 Å². The van der Waals surface area contributed by atoms with Crippen LogP contribution in [0.15, 0.2) is 28.7 Å². The smallest absolute Gasteiger partial charge is 0.229 e. The van der Waals surface area contributed by atoms with Crippen molar-refractivity contribution >= 4 is 21.8 Å². The van der Waals surface area contributed by atoms with Gasteiger partial charge < -0.3 is 4.90 Å². The fourth-order valence-electron chi connectivity index (χ4n) is 3.92. The predicted octanol–water partition coefficient (Wildman–Crippen LogP) is 4.06. The van der Waals surface area contributed by atoms with Gasteiger partial charge in [-0.2, -0.15) is 0 Å². The lowest BCUT2D eigenvalue weighted by Crippen LogP contribution is -2.51. The predicted molar refractivity (Wildman–Crippen MR) is 97.2 cm³/mol. The maximum absolute atomic E-state index is 13.0. The Morgan fingerprint density at radius 3 is 2.17 bits per heavy atom. The number of benzene rings is 1. The van der Waals surface area contributed by atoms with E-state index in [1.54, 1.807) is 0 Å². The van der Waals surface area contributed by atoms with Crippen LogP contribution in [0.1, 0.15) is 45.6 Å². The lowest BCUT2D eigenvalue weighted by Gasteiger charge is -2.44. The van der Waals surface area contributed by atoms with E-state index < -0.39 is 0 Å². The molecule has 1 aromatic rings. The van der Waals surface area contributed by atoms with Crippen LogP contribution in [0.3, 0.4) is 0 Å². The summed E-state index contributed by atoms with van der Waals surface area (Å²) in [6.07, 6.45) is 3.06. The van der Waals surface area contributed by atoms with Crippen LogP contribution in [-0.2, 0) is 11.3 Å². The second-order valence-corrected chi connectivity index (χ2v) is 8.96. The molecule has 3 rings (SSSR count). The summed E-state index contributed by atoms with van der Waals surface area (Å²) < 4.78 is 1.08. The maximum Gasteiger partial charge on any atom is 0.229 e. The number of amides is 1. The summed E-state index contributed by atoms with van der Waals surface area (Å²) in [5.74, 6) is 0.383. The van der Waals surface area contributed by atoms with Crippen molar-refractivity contribution in [2.45, 2.75) is 52.1 Å². The van der Waals surface area contributed by atoms with E-state index in [1.165, 1.54) is 5.56 Å². The van der Waals surface area contributed by atoms with Crippen LogP contribution in [0.25, 0.3) is 0 Å². The molecule has 0 saturated carbocycles. The summed E-state index contributed by atoms with van der Waals surface area (Å²) in [5, 5.41) is 0. The third kappa shape index (κ3) is 3.48. The Kier molecular flexibility index (Phi) is 4.58. The summed E-state index contributed by atoms with van der Waals surface area (Å²) in [5.41, 5.74) is 1.34. The lowest BCUT2D eigenvalue weighted by molar-refractivity contribution is -0.139. The van der Waals surface area contributed by atoms with Gasteiger partial charge in [0.15, 0.2) is 0 Å². The Morgan fingerprint density at radius 2 is 1.61 bits per heavy atom. The summed E-state index contributed by atoms with van der Waals surface area (Å²) >= 11 is 3.46. The van der Waals surface area contributed by atoms with E-state index in [0.717, 1.165) is 49.9 Å². The van der Waals surface area contributed by atoms with Crippen molar-refractivity contribution in [1.29, 1.82) is 0 Å². The number of rotatable bonds is 2. The third-order valence-electron chi connectivity index (χ3n) is 5.56. The molecule has 126 valence electrons. The molecule has 0 unspecified atom stereocenters. The Bertz CT molecular complexity index is 568. The van der Waals surface area contributed by atoms with Gasteiger partial charge in [-0.05, 0) is 70.8 Å². The van der Waals surface area contributed by atoms with Gasteiger partial charge in [0, 0.05) is 23.1 Å². The molecule has 23 heavy (non-hydrogen) atoms. The van der Waals surface area contributed by atoms with Crippen LogP contribution in [0.2, 0.25) is 0 Å². The number of hydrogen-bond acceptors (Lipinski definition) is 2. The molecular formula is C19H27BrN2O. The molecule has 0 atom stereocenters. The molecule has 2 aliphatic heterocycles. The minimum atomic E-state index is -0.0862. The van der Waals surface area contributed by atoms with E-state index in [0.29, 0.717) is 5.91 Å². The Labute approximate surface area is 148 Å². The van der Waals surface area contributed by atoms with E-state index in [9.17, 15) is 4.79 Å². The quantitative estimate of drug-likeness (QED) is 0.774. The Morgan fingerprint density at radius 1 is 1.04 bits per heavy atom. The Balaban J connectivity index is 1.64. The van der Waals surface area contributed by atoms with Crippen LogP contribution in [0, 0.1) is 5.41 Å². The van der Waals surface area contributed by atoms with Crippen molar-refractivity contribution in [3.63, 3.8) is 0 Å². The van der Waals surface area contributed by atoms with Crippen molar-refractivity contribution in [1.82, 2.24) is 9.80 Å². The molecule has 0 aliphatic carbocycles. The molecule has 0 radical (unpaired) electrons. The molecule has 0 N–H and O–H groups in total. The zero-order chi connectivity index (χ0) is 16.7. The first-order chi connectivity index (χ1) is 10.8. The second-order valence-electron chi connectivity index (χ2n) is 8.04. The highest BCUT2D eigenvalue weighted by atomic mass is 79.9. The third-order valence-corrected chi connectivity index (χ3v) is 6.09. The monoisotopic (exact) mass is 378 g/mol. The number of nitrogens with zero attached hydrogens (tertiary/aromatic N) is 2. The Hall–Kier alpha value is -0.870. The van der Waals surface area contributed by atoms with Gasteiger partial charge in [-0.15, -0.1) is 0 Å². The average Bonchev–Trinajstić information content (AvgIpc) is 2.79. The number of piperidine rings is 1. The van der Waals surface area contributed by atoms with Crippen LogP contribution in [0.5, 0.6) is 0 Å². The van der Waals surface area contributed by atoms with Crippen LogP contribution < -0.4 is 0 Å². The number of hydrogen-bond donors (Lipinski definition) is 0. The minimum absolute atomic E-state index is 0.0862. The fraction of sp³-hybridized carbons (Fsp3) is 0.632. The number of carbonyl (C=O) groups excluding carboxylic acids is 1. The summed E-state index contributed by atoms with van der Waals surface area (Å²) in [4.78, 5) is 17.6. The zero-order valence-corrected chi connectivity index (χ0v) is 16.0. The van der Waals surface area contributed by atoms with Gasteiger partial charge in [0.25, 0.3) is 0 Å². The van der Waals surface area contributed by atoms with Crippen molar-refractivity contribution < 1.29 is 4.79 Å². The molecule has 4 heteroatoms. The molecule has 1 spiro atoms. The first-order valence-corrected chi connectivity index (χ1v) is 9.38. The topological polar surface area (TPSA) is 23.6 Å². The largest absolute Gasteiger partial charge is 0.338 e. The van der Waals surface area contributed by atoms with Gasteiger partial charge in [0.1, 0.15) is 0 Å². The summed E-state index contributed by atoms with van der Waals surface area (Å²) in [6.45, 7) is 10.5. The molecule has 2 heterocycles. The van der Waals surface area contributed by atoms with Gasteiger partial charge in [-0.25, -0.2) is 0 Å². The highest BCUT2D eigenvalue weighted by Crippen LogP contribution is 2.43. The maximum atomic E-state index is 13.0. The van der Waals surface area contributed by atoms with Gasteiger partial charge in [-0.3, -0.25) is 9.69 Å². The first-order valence-electron chi connectivity index (χ1n) is 8.59. The van der Waals surface area contributed by atoms with Gasteiger partial charge in [0.2, 0.25) is 5.91 Å². The number of halogens is 1. The molecular weight excluding hydrogens is 352 g/mol. The second kappa shape index (κ2) is 6.21. The molecule has 3 nitrogen and oxygen atoms in total. The van der Waals surface area contributed by atoms with E-state index >= 15 is 0 Å². The highest BCUT2D eigenvalue weighted by Gasteiger charge is 2.48.